The average molecular weight is 867 g/mol. The summed E-state index contributed by atoms with van der Waals surface area (Å²) in [7, 11) is 1.26. The Hall–Kier alpha value is -1.28. The number of allylic oxidation sites excluding steroid dienone is 5. The van der Waals surface area contributed by atoms with E-state index in [0.717, 1.165) is 44.9 Å². The third kappa shape index (κ3) is 44.8. The maximum Gasteiger partial charge on any atom is 0.268 e. The number of phosphoric ester groups is 1. The lowest BCUT2D eigenvalue weighted by Gasteiger charge is -2.29. The lowest BCUT2D eigenvalue weighted by atomic mass is 10.0. The highest BCUT2D eigenvalue weighted by Gasteiger charge is 2.23. The van der Waals surface area contributed by atoms with Gasteiger partial charge in [-0.2, -0.15) is 0 Å². The summed E-state index contributed by atoms with van der Waals surface area (Å²) in [5.74, 6) is -0.198. The van der Waals surface area contributed by atoms with E-state index in [9.17, 15) is 19.4 Å². The summed E-state index contributed by atoms with van der Waals surface area (Å²) in [4.78, 5) is 25.3. The van der Waals surface area contributed by atoms with Gasteiger partial charge in [0.2, 0.25) is 5.91 Å². The zero-order valence-corrected chi connectivity index (χ0v) is 41.1. The molecular weight excluding hydrogens is 768 g/mol. The largest absolute Gasteiger partial charge is 0.756 e. The first-order valence-electron chi connectivity index (χ1n) is 25.4. The number of nitrogens with one attached hydrogen (secondary N) is 1. The van der Waals surface area contributed by atoms with Gasteiger partial charge in [-0.15, -0.1) is 0 Å². The van der Waals surface area contributed by atoms with Crippen LogP contribution in [-0.4, -0.2) is 68.5 Å². The van der Waals surface area contributed by atoms with Gasteiger partial charge in [0, 0.05) is 6.42 Å². The molecule has 2 N–H and O–H groups in total. The highest BCUT2D eigenvalue weighted by molar-refractivity contribution is 7.45. The van der Waals surface area contributed by atoms with Gasteiger partial charge in [-0.05, 0) is 51.4 Å². The van der Waals surface area contributed by atoms with Crippen molar-refractivity contribution in [1.29, 1.82) is 0 Å². The highest BCUT2D eigenvalue weighted by Crippen LogP contribution is 2.38. The second-order valence-corrected chi connectivity index (χ2v) is 19.9. The number of aliphatic hydroxyl groups is 1. The van der Waals surface area contributed by atoms with Gasteiger partial charge in [-0.3, -0.25) is 9.36 Å². The number of aliphatic hydroxyl groups excluding tert-OH is 1. The molecule has 0 aromatic rings. The monoisotopic (exact) mass is 867 g/mol. The first-order valence-corrected chi connectivity index (χ1v) is 26.8. The lowest BCUT2D eigenvalue weighted by Crippen LogP contribution is -2.45. The Kier molecular flexibility index (Phi) is 42.1. The second kappa shape index (κ2) is 43.0. The van der Waals surface area contributed by atoms with Crippen molar-refractivity contribution in [1.82, 2.24) is 5.32 Å². The molecule has 354 valence electrons. The molecule has 0 bridgehead atoms. The first-order chi connectivity index (χ1) is 29.0. The van der Waals surface area contributed by atoms with Gasteiger partial charge in [0.05, 0.1) is 39.9 Å². The van der Waals surface area contributed by atoms with Crippen molar-refractivity contribution in [3.63, 3.8) is 0 Å². The molecule has 0 aromatic heterocycles. The zero-order chi connectivity index (χ0) is 44.3. The van der Waals surface area contributed by atoms with Gasteiger partial charge in [-0.1, -0.05) is 211 Å². The van der Waals surface area contributed by atoms with E-state index in [1.165, 1.54) is 167 Å². The Bertz CT molecular complexity index is 1070. The molecule has 0 saturated carbocycles. The maximum absolute atomic E-state index is 12.9. The molecule has 0 aromatic carbocycles. The summed E-state index contributed by atoms with van der Waals surface area (Å²) in [6, 6.07) is -0.883. The van der Waals surface area contributed by atoms with E-state index in [2.05, 4.69) is 43.5 Å². The van der Waals surface area contributed by atoms with Gasteiger partial charge in [0.15, 0.2) is 0 Å². The van der Waals surface area contributed by atoms with Crippen LogP contribution in [0.1, 0.15) is 232 Å². The number of quaternary nitrogens is 1. The summed E-state index contributed by atoms with van der Waals surface area (Å²) in [5, 5.41) is 13.8. The van der Waals surface area contributed by atoms with Gasteiger partial charge in [-0.25, -0.2) is 0 Å². The molecule has 1 amide bonds. The topological polar surface area (TPSA) is 108 Å². The van der Waals surface area contributed by atoms with Crippen LogP contribution >= 0.6 is 7.82 Å². The minimum Gasteiger partial charge on any atom is -0.756 e. The minimum atomic E-state index is -4.58. The molecule has 0 fully saturated rings. The fourth-order valence-electron chi connectivity index (χ4n) is 7.30. The predicted molar refractivity (Wildman–Crippen MR) is 256 cm³/mol. The fourth-order valence-corrected chi connectivity index (χ4v) is 8.02. The highest BCUT2D eigenvalue weighted by atomic mass is 31.2. The number of nitrogens with zero attached hydrogens (tertiary/aromatic N) is 1. The molecule has 8 nitrogen and oxygen atoms in total. The predicted octanol–water partition coefficient (Wildman–Crippen LogP) is 14.0. The molecule has 0 heterocycles. The molecule has 0 rings (SSSR count). The Balaban J connectivity index is 4.12. The molecule has 60 heavy (non-hydrogen) atoms. The Morgan fingerprint density at radius 1 is 0.583 bits per heavy atom. The minimum absolute atomic E-state index is 0.000461. The number of unbranched alkanes of at least 4 members (excludes halogenated alkanes) is 29. The fraction of sp³-hybridized carbons (Fsp3) is 0.863. The summed E-state index contributed by atoms with van der Waals surface area (Å²) in [5.41, 5.74) is 0. The lowest BCUT2D eigenvalue weighted by molar-refractivity contribution is -0.870. The number of carbonyl (C=O) groups excluding carboxylic acids is 1. The third-order valence-electron chi connectivity index (χ3n) is 11.3. The molecule has 0 aliphatic heterocycles. The van der Waals surface area contributed by atoms with Crippen LogP contribution in [0.2, 0.25) is 0 Å². The van der Waals surface area contributed by atoms with Crippen molar-refractivity contribution in [3.05, 3.63) is 36.5 Å². The summed E-state index contributed by atoms with van der Waals surface area (Å²) >= 11 is 0. The van der Waals surface area contributed by atoms with Crippen molar-refractivity contribution in [2.24, 2.45) is 0 Å². The summed E-state index contributed by atoms with van der Waals surface area (Å²) in [6.45, 7) is 4.63. The molecule has 3 atom stereocenters. The van der Waals surface area contributed by atoms with Crippen LogP contribution in [-0.2, 0) is 18.4 Å². The quantitative estimate of drug-likeness (QED) is 0.0273. The molecule has 0 spiro atoms. The smallest absolute Gasteiger partial charge is 0.268 e. The van der Waals surface area contributed by atoms with E-state index in [0.29, 0.717) is 17.4 Å². The van der Waals surface area contributed by atoms with Crippen molar-refractivity contribution < 1.29 is 32.9 Å². The van der Waals surface area contributed by atoms with E-state index in [1.54, 1.807) is 6.08 Å². The molecular formula is C51H99N2O6P. The molecule has 9 heteroatoms. The van der Waals surface area contributed by atoms with Gasteiger partial charge in [0.25, 0.3) is 7.82 Å². The van der Waals surface area contributed by atoms with E-state index >= 15 is 0 Å². The van der Waals surface area contributed by atoms with E-state index in [-0.39, 0.29) is 19.1 Å². The van der Waals surface area contributed by atoms with Crippen LogP contribution in [0.3, 0.4) is 0 Å². The third-order valence-corrected chi connectivity index (χ3v) is 12.3. The summed E-state index contributed by atoms with van der Waals surface area (Å²) in [6.07, 6.45) is 53.5. The van der Waals surface area contributed by atoms with Crippen molar-refractivity contribution in [2.75, 3.05) is 40.9 Å². The summed E-state index contributed by atoms with van der Waals surface area (Å²) < 4.78 is 23.2. The molecule has 0 saturated heterocycles. The number of carbonyl (C=O) groups is 1. The van der Waals surface area contributed by atoms with Crippen molar-refractivity contribution in [3.8, 4) is 0 Å². The van der Waals surface area contributed by atoms with Crippen LogP contribution in [0, 0.1) is 0 Å². The standard InChI is InChI=1S/C51H99N2O6P/c1-6-8-10-12-14-16-18-19-20-21-22-23-24-25-26-27-28-29-30-31-32-33-35-37-39-41-43-45-51(55)52-49(48-59-60(56,57)58-47-46-53(3,4)5)50(54)44-42-40-38-36-34-17-15-13-11-9-7-2/h18-19,21-22,42,44,49-50,54H,6-17,20,23-41,43,45-48H2,1-5H3,(H-,52,55,56,57)/b19-18-,22-21-,44-42+. The van der Waals surface area contributed by atoms with Crippen LogP contribution in [0.4, 0.5) is 0 Å². The zero-order valence-electron chi connectivity index (χ0n) is 40.2. The van der Waals surface area contributed by atoms with E-state index in [4.69, 9.17) is 9.05 Å². The second-order valence-electron chi connectivity index (χ2n) is 18.5. The number of hydrogen-bond acceptors (Lipinski definition) is 6. The van der Waals surface area contributed by atoms with Crippen LogP contribution in [0.5, 0.6) is 0 Å². The SMILES string of the molecule is CCCCCCC/C=C\C/C=C\CCCCCCCCCCCCCCCCCC(=O)NC(COP(=O)([O-])OCC[N+](C)(C)C)C(O)/C=C/CCCCCCCCCCC. The van der Waals surface area contributed by atoms with Crippen molar-refractivity contribution >= 4 is 13.7 Å². The Morgan fingerprint density at radius 3 is 1.38 bits per heavy atom. The molecule has 0 aliphatic rings. The molecule has 0 radical (unpaired) electrons. The molecule has 3 unspecified atom stereocenters. The Morgan fingerprint density at radius 2 is 0.967 bits per heavy atom. The average Bonchev–Trinajstić information content (AvgIpc) is 3.20. The van der Waals surface area contributed by atoms with Crippen molar-refractivity contribution in [2.45, 2.75) is 244 Å². The number of rotatable bonds is 46. The number of likely N-dealkylation sites (N-methyl/N-ethyl adjacent to an activating group) is 1. The number of hydrogen-bond donors (Lipinski definition) is 2. The number of amides is 1. The van der Waals surface area contributed by atoms with Crippen LogP contribution in [0.15, 0.2) is 36.5 Å². The van der Waals surface area contributed by atoms with E-state index in [1.807, 2.05) is 27.2 Å². The molecule has 0 aliphatic carbocycles. The first kappa shape index (κ1) is 58.7. The normalized spacial score (nSPS) is 14.4. The number of phosphoric acid groups is 1. The Labute approximate surface area is 372 Å². The van der Waals surface area contributed by atoms with Gasteiger partial charge >= 0.3 is 0 Å². The van der Waals surface area contributed by atoms with Gasteiger partial charge < -0.3 is 28.8 Å². The maximum atomic E-state index is 12.9. The van der Waals surface area contributed by atoms with E-state index < -0.39 is 20.0 Å². The van der Waals surface area contributed by atoms with Crippen LogP contribution in [0.25, 0.3) is 0 Å². The van der Waals surface area contributed by atoms with Gasteiger partial charge in [0.1, 0.15) is 13.2 Å². The van der Waals surface area contributed by atoms with Crippen LogP contribution < -0.4 is 10.2 Å².